The van der Waals surface area contributed by atoms with Crippen LogP contribution in [0.15, 0.2) is 76.5 Å². The van der Waals surface area contributed by atoms with Gasteiger partial charge in [0.15, 0.2) is 0 Å². The van der Waals surface area contributed by atoms with Crippen LogP contribution in [0.2, 0.25) is 5.02 Å². The molecular formula is C26H23ClN2O4S2. The molecule has 1 heterocycles. The molecule has 0 saturated heterocycles. The van der Waals surface area contributed by atoms with Gasteiger partial charge in [-0.15, -0.1) is 11.3 Å². The van der Waals surface area contributed by atoms with Crippen LogP contribution in [0.4, 0.5) is 16.4 Å². The summed E-state index contributed by atoms with van der Waals surface area (Å²) in [6.45, 7) is 3.89. The first kappa shape index (κ1) is 24.8. The van der Waals surface area contributed by atoms with Crippen LogP contribution >= 0.6 is 22.9 Å². The molecule has 0 bridgehead atoms. The highest BCUT2D eigenvalue weighted by molar-refractivity contribution is 7.92. The van der Waals surface area contributed by atoms with E-state index in [0.29, 0.717) is 22.0 Å². The van der Waals surface area contributed by atoms with Crippen LogP contribution in [0, 0.1) is 13.8 Å². The number of aryl methyl sites for hydroxylation is 2. The maximum atomic E-state index is 13.7. The fourth-order valence-corrected chi connectivity index (χ4v) is 6.68. The number of methoxy groups -OCH3 is 1. The van der Waals surface area contributed by atoms with Crippen molar-refractivity contribution in [3.8, 4) is 5.75 Å². The molecule has 4 aromatic rings. The van der Waals surface area contributed by atoms with E-state index in [1.54, 1.807) is 36.4 Å². The normalized spacial score (nSPS) is 11.3. The van der Waals surface area contributed by atoms with Gasteiger partial charge >= 0.3 is 0 Å². The molecule has 0 saturated carbocycles. The van der Waals surface area contributed by atoms with Gasteiger partial charge in [0.25, 0.3) is 0 Å². The number of hydrogen-bond acceptors (Lipinski definition) is 7. The van der Waals surface area contributed by atoms with Gasteiger partial charge in [0, 0.05) is 16.3 Å². The molecule has 0 unspecified atom stereocenters. The molecule has 0 fully saturated rings. The molecule has 0 radical (unpaired) electrons. The first-order chi connectivity index (χ1) is 16.6. The molecule has 180 valence electrons. The number of ether oxygens (including phenoxy) is 1. The second kappa shape index (κ2) is 9.73. The monoisotopic (exact) mass is 526 g/mol. The summed E-state index contributed by atoms with van der Waals surface area (Å²) in [5.74, 6) is 0.138. The number of nitrogens with two attached hydrogens (primary N) is 1. The van der Waals surface area contributed by atoms with Crippen molar-refractivity contribution < 1.29 is 17.9 Å². The van der Waals surface area contributed by atoms with Crippen molar-refractivity contribution >= 4 is 54.9 Å². The Hall–Kier alpha value is -3.33. The van der Waals surface area contributed by atoms with Crippen molar-refractivity contribution in [2.24, 2.45) is 0 Å². The van der Waals surface area contributed by atoms with E-state index in [9.17, 15) is 13.2 Å². The number of thiophene rings is 1. The van der Waals surface area contributed by atoms with E-state index in [2.05, 4.69) is 5.32 Å². The third-order valence-corrected chi connectivity index (χ3v) is 8.84. The van der Waals surface area contributed by atoms with Gasteiger partial charge in [0.05, 0.1) is 17.7 Å². The molecule has 9 heteroatoms. The number of halogens is 1. The topological polar surface area (TPSA) is 98.5 Å². The Kier molecular flexibility index (Phi) is 6.89. The van der Waals surface area contributed by atoms with Crippen LogP contribution in [-0.4, -0.2) is 21.3 Å². The summed E-state index contributed by atoms with van der Waals surface area (Å²) >= 11 is 6.96. The molecule has 3 aromatic carbocycles. The number of benzene rings is 3. The van der Waals surface area contributed by atoms with Crippen LogP contribution in [0.25, 0.3) is 0 Å². The number of nitrogen functional groups attached to an aromatic ring is 1. The Morgan fingerprint density at radius 1 is 1.00 bits per heavy atom. The van der Waals surface area contributed by atoms with Crippen molar-refractivity contribution in [3.63, 3.8) is 0 Å². The number of carbonyl (C=O) groups excluding carboxylic acids is 1. The minimum Gasteiger partial charge on any atom is -0.497 e. The average Bonchev–Trinajstić information content (AvgIpc) is 3.17. The van der Waals surface area contributed by atoms with Gasteiger partial charge in [-0.2, -0.15) is 0 Å². The fraction of sp³-hybridized carbons (Fsp3) is 0.115. The minimum atomic E-state index is -4.07. The third kappa shape index (κ3) is 4.91. The molecule has 0 aliphatic rings. The predicted molar refractivity (Wildman–Crippen MR) is 141 cm³/mol. The molecular weight excluding hydrogens is 504 g/mol. The van der Waals surface area contributed by atoms with Crippen LogP contribution < -0.4 is 15.8 Å². The Labute approximate surface area is 213 Å². The Morgan fingerprint density at radius 2 is 1.66 bits per heavy atom. The van der Waals surface area contributed by atoms with Crippen LogP contribution in [0.5, 0.6) is 5.75 Å². The smallest absolute Gasteiger partial charge is 0.211 e. The number of carbonyl (C=O) groups is 1. The third-order valence-electron chi connectivity index (χ3n) is 5.48. The van der Waals surface area contributed by atoms with E-state index >= 15 is 0 Å². The van der Waals surface area contributed by atoms with Gasteiger partial charge in [0.1, 0.15) is 20.5 Å². The lowest BCUT2D eigenvalue weighted by atomic mass is 10.1. The summed E-state index contributed by atoms with van der Waals surface area (Å²) in [6, 6.07) is 18.2. The number of rotatable bonds is 7. The number of anilines is 3. The number of ketones is 1. The maximum Gasteiger partial charge on any atom is 0.211 e. The van der Waals surface area contributed by atoms with E-state index in [4.69, 9.17) is 22.1 Å². The van der Waals surface area contributed by atoms with Gasteiger partial charge in [-0.1, -0.05) is 29.3 Å². The van der Waals surface area contributed by atoms with Gasteiger partial charge in [0.2, 0.25) is 15.6 Å². The van der Waals surface area contributed by atoms with Crippen molar-refractivity contribution in [2.45, 2.75) is 23.6 Å². The number of sulfone groups is 1. The zero-order valence-electron chi connectivity index (χ0n) is 19.3. The first-order valence-electron chi connectivity index (χ1n) is 10.6. The second-order valence-electron chi connectivity index (χ2n) is 7.96. The summed E-state index contributed by atoms with van der Waals surface area (Å²) in [6.07, 6.45) is 0. The van der Waals surface area contributed by atoms with Crippen LogP contribution in [-0.2, 0) is 9.84 Å². The summed E-state index contributed by atoms with van der Waals surface area (Å²) in [4.78, 5) is 13.3. The molecule has 1 aromatic heterocycles. The number of nitrogens with one attached hydrogen (secondary N) is 1. The molecule has 0 spiro atoms. The summed E-state index contributed by atoms with van der Waals surface area (Å²) in [7, 11) is -2.57. The molecule has 4 rings (SSSR count). The Morgan fingerprint density at radius 3 is 2.26 bits per heavy atom. The fourth-order valence-electron chi connectivity index (χ4n) is 3.63. The van der Waals surface area contributed by atoms with Gasteiger partial charge in [-0.25, -0.2) is 8.42 Å². The lowest BCUT2D eigenvalue weighted by molar-refractivity contribution is 0.104. The van der Waals surface area contributed by atoms with Crippen LogP contribution in [0.1, 0.15) is 26.4 Å². The second-order valence-corrected chi connectivity index (χ2v) is 11.3. The molecule has 6 nitrogen and oxygen atoms in total. The van der Waals surface area contributed by atoms with E-state index in [-0.39, 0.29) is 31.1 Å². The van der Waals surface area contributed by atoms with Gasteiger partial charge in [-0.3, -0.25) is 4.79 Å². The van der Waals surface area contributed by atoms with Gasteiger partial charge in [-0.05, 0) is 74.0 Å². The van der Waals surface area contributed by atoms with Crippen LogP contribution in [0.3, 0.4) is 0 Å². The summed E-state index contributed by atoms with van der Waals surface area (Å²) in [5, 5.41) is 3.96. The van der Waals surface area contributed by atoms with Crippen molar-refractivity contribution in [1.82, 2.24) is 0 Å². The molecule has 0 atom stereocenters. The molecule has 35 heavy (non-hydrogen) atoms. The lowest BCUT2D eigenvalue weighted by Crippen LogP contribution is -2.08. The number of hydrogen-bond donors (Lipinski definition) is 2. The van der Waals surface area contributed by atoms with E-state index < -0.39 is 9.84 Å². The zero-order chi connectivity index (χ0) is 25.3. The molecule has 0 aliphatic carbocycles. The maximum absolute atomic E-state index is 13.7. The largest absolute Gasteiger partial charge is 0.497 e. The quantitative estimate of drug-likeness (QED) is 0.270. The first-order valence-corrected chi connectivity index (χ1v) is 13.3. The highest BCUT2D eigenvalue weighted by Crippen LogP contribution is 2.44. The van der Waals surface area contributed by atoms with Gasteiger partial charge < -0.3 is 15.8 Å². The van der Waals surface area contributed by atoms with Crippen molar-refractivity contribution in [1.29, 1.82) is 0 Å². The summed E-state index contributed by atoms with van der Waals surface area (Å²) in [5.41, 5.74) is 9.36. The Balaban J connectivity index is 1.88. The van der Waals surface area contributed by atoms with E-state index in [0.717, 1.165) is 22.5 Å². The highest BCUT2D eigenvalue weighted by atomic mass is 35.5. The molecule has 0 aliphatic heterocycles. The lowest BCUT2D eigenvalue weighted by Gasteiger charge is -2.12. The predicted octanol–water partition coefficient (Wildman–Crippen LogP) is 6.42. The Bertz CT molecular complexity index is 1510. The van der Waals surface area contributed by atoms with Crippen molar-refractivity contribution in [2.75, 3.05) is 18.2 Å². The van der Waals surface area contributed by atoms with E-state index in [1.165, 1.54) is 19.2 Å². The molecule has 0 amide bonds. The minimum absolute atomic E-state index is 0.0389. The van der Waals surface area contributed by atoms with E-state index in [1.807, 2.05) is 32.0 Å². The molecule has 3 N–H and O–H groups in total. The van der Waals surface area contributed by atoms with Crippen molar-refractivity contribution in [3.05, 3.63) is 93.3 Å². The SMILES string of the molecule is COc1ccc(S(=O)(=O)c2c(Nc3ccc(C)cc3C)sc(C(=O)c3ccc(Cl)cc3)c2N)cc1. The summed E-state index contributed by atoms with van der Waals surface area (Å²) < 4.78 is 32.6. The standard InChI is InChI=1S/C26H23ClN2O4S2/c1-15-4-13-21(16(2)14-15)29-26-25(35(31,32)20-11-9-19(33-3)10-12-20)22(28)24(34-26)23(30)17-5-7-18(27)8-6-17/h4-14,29H,28H2,1-3H3. The highest BCUT2D eigenvalue weighted by Gasteiger charge is 2.32. The average molecular weight is 527 g/mol. The zero-order valence-corrected chi connectivity index (χ0v) is 21.6.